The fourth-order valence-corrected chi connectivity index (χ4v) is 2.74. The van der Waals surface area contributed by atoms with E-state index < -0.39 is 0 Å². The third-order valence-electron chi connectivity index (χ3n) is 4.10. The smallest absolute Gasteiger partial charge is 0.0139 e. The summed E-state index contributed by atoms with van der Waals surface area (Å²) in [5.41, 5.74) is 3.13. The van der Waals surface area contributed by atoms with Gasteiger partial charge in [0, 0.05) is 12.0 Å². The summed E-state index contributed by atoms with van der Waals surface area (Å²) in [6, 6.07) is 9.54. The summed E-state index contributed by atoms with van der Waals surface area (Å²) in [6.45, 7) is 4.64. The zero-order valence-electron chi connectivity index (χ0n) is 10.7. The van der Waals surface area contributed by atoms with Gasteiger partial charge in [0.15, 0.2) is 0 Å². The fraction of sp³-hybridized carbons (Fsp3) is 0.600. The molecular formula is C15H23N. The monoisotopic (exact) mass is 217 g/mol. The highest BCUT2D eigenvalue weighted by molar-refractivity contribution is 5.41. The van der Waals surface area contributed by atoms with Crippen molar-refractivity contribution in [2.75, 3.05) is 7.05 Å². The number of hydrogen-bond acceptors (Lipinski definition) is 1. The second kappa shape index (κ2) is 5.01. The third-order valence-corrected chi connectivity index (χ3v) is 4.10. The van der Waals surface area contributed by atoms with Crippen LogP contribution in [0.4, 0.5) is 0 Å². The lowest BCUT2D eigenvalue weighted by atomic mass is 9.71. The molecule has 2 rings (SSSR count). The summed E-state index contributed by atoms with van der Waals surface area (Å²) in [5.74, 6) is 1.57. The topological polar surface area (TPSA) is 12.0 Å². The van der Waals surface area contributed by atoms with Crippen molar-refractivity contribution in [3.8, 4) is 0 Å². The predicted octanol–water partition coefficient (Wildman–Crippen LogP) is 3.35. The first-order valence-corrected chi connectivity index (χ1v) is 6.51. The lowest BCUT2D eigenvalue weighted by Gasteiger charge is -2.37. The Morgan fingerprint density at radius 3 is 2.75 bits per heavy atom. The first kappa shape index (κ1) is 11.7. The summed E-state index contributed by atoms with van der Waals surface area (Å²) in [4.78, 5) is 0. The van der Waals surface area contributed by atoms with Crippen molar-refractivity contribution in [3.63, 3.8) is 0 Å². The van der Waals surface area contributed by atoms with Gasteiger partial charge in [0.1, 0.15) is 0 Å². The maximum atomic E-state index is 3.51. The van der Waals surface area contributed by atoms with Crippen LogP contribution in [-0.4, -0.2) is 13.1 Å². The zero-order valence-corrected chi connectivity index (χ0v) is 10.7. The van der Waals surface area contributed by atoms with Gasteiger partial charge >= 0.3 is 0 Å². The van der Waals surface area contributed by atoms with Crippen LogP contribution in [0.3, 0.4) is 0 Å². The van der Waals surface area contributed by atoms with Crippen molar-refractivity contribution in [2.45, 2.75) is 45.1 Å². The Morgan fingerprint density at radius 1 is 1.38 bits per heavy atom. The molecule has 88 valence electrons. The molecule has 0 amide bonds. The molecule has 0 aliphatic heterocycles. The summed E-state index contributed by atoms with van der Waals surface area (Å²) in [6.07, 6.45) is 3.84. The van der Waals surface area contributed by atoms with E-state index in [4.69, 9.17) is 0 Å². The molecule has 16 heavy (non-hydrogen) atoms. The Bertz CT molecular complexity index is 345. The van der Waals surface area contributed by atoms with Gasteiger partial charge in [0.05, 0.1) is 0 Å². The van der Waals surface area contributed by atoms with Gasteiger partial charge in [-0.05, 0) is 36.9 Å². The average molecular weight is 217 g/mol. The van der Waals surface area contributed by atoms with Gasteiger partial charge in [-0.15, -0.1) is 0 Å². The van der Waals surface area contributed by atoms with Gasteiger partial charge in [0.2, 0.25) is 0 Å². The molecule has 0 radical (unpaired) electrons. The molecule has 0 spiro atoms. The second-order valence-electron chi connectivity index (χ2n) is 5.15. The highest BCUT2D eigenvalue weighted by Crippen LogP contribution is 2.39. The Kier molecular flexibility index (Phi) is 3.65. The van der Waals surface area contributed by atoms with Crippen LogP contribution in [0.2, 0.25) is 0 Å². The molecule has 0 fully saturated rings. The van der Waals surface area contributed by atoms with E-state index in [-0.39, 0.29) is 0 Å². The second-order valence-corrected chi connectivity index (χ2v) is 5.15. The number of likely N-dealkylation sites (N-methyl/N-ethyl adjacent to an activating group) is 1. The van der Waals surface area contributed by atoms with E-state index in [1.807, 2.05) is 0 Å². The van der Waals surface area contributed by atoms with Crippen LogP contribution in [0, 0.1) is 5.92 Å². The summed E-state index contributed by atoms with van der Waals surface area (Å²) in [5, 5.41) is 3.51. The number of hydrogen-bond donors (Lipinski definition) is 1. The number of rotatable bonds is 5. The van der Waals surface area contributed by atoms with Gasteiger partial charge < -0.3 is 5.32 Å². The molecule has 3 atom stereocenters. The minimum atomic E-state index is 0.657. The minimum Gasteiger partial charge on any atom is -0.316 e. The van der Waals surface area contributed by atoms with Crippen LogP contribution in [0.15, 0.2) is 24.3 Å². The van der Waals surface area contributed by atoms with E-state index in [0.29, 0.717) is 6.04 Å². The molecule has 1 aromatic rings. The standard InChI is InChI=1S/C15H23N/c1-4-11(2)9-15(16-3)14-10-12-7-5-6-8-13(12)14/h5-8,11,14-16H,4,9-10H2,1-3H3. The molecule has 1 heteroatoms. The maximum Gasteiger partial charge on any atom is 0.0139 e. The Hall–Kier alpha value is -0.820. The van der Waals surface area contributed by atoms with E-state index in [9.17, 15) is 0 Å². The summed E-state index contributed by atoms with van der Waals surface area (Å²) >= 11 is 0. The highest BCUT2D eigenvalue weighted by Gasteiger charge is 2.32. The molecule has 1 aliphatic rings. The summed E-state index contributed by atoms with van der Waals surface area (Å²) < 4.78 is 0. The van der Waals surface area contributed by atoms with Crippen molar-refractivity contribution in [1.29, 1.82) is 0 Å². The highest BCUT2D eigenvalue weighted by atomic mass is 14.9. The Balaban J connectivity index is 2.03. The van der Waals surface area contributed by atoms with E-state index in [1.165, 1.54) is 19.3 Å². The molecule has 0 saturated carbocycles. The largest absolute Gasteiger partial charge is 0.316 e. The Morgan fingerprint density at radius 2 is 2.12 bits per heavy atom. The van der Waals surface area contributed by atoms with Crippen LogP contribution in [-0.2, 0) is 6.42 Å². The average Bonchev–Trinajstić information content (AvgIpc) is 2.29. The van der Waals surface area contributed by atoms with Crippen molar-refractivity contribution in [1.82, 2.24) is 5.32 Å². The van der Waals surface area contributed by atoms with Crippen LogP contribution in [0.25, 0.3) is 0 Å². The zero-order chi connectivity index (χ0) is 11.5. The summed E-state index contributed by atoms with van der Waals surface area (Å²) in [7, 11) is 2.11. The first-order chi connectivity index (χ1) is 7.76. The van der Waals surface area contributed by atoms with Gasteiger partial charge in [0.25, 0.3) is 0 Å². The molecular weight excluding hydrogens is 194 g/mol. The number of benzene rings is 1. The van der Waals surface area contributed by atoms with Crippen molar-refractivity contribution in [3.05, 3.63) is 35.4 Å². The molecule has 0 aromatic heterocycles. The van der Waals surface area contributed by atoms with Crippen molar-refractivity contribution in [2.24, 2.45) is 5.92 Å². The van der Waals surface area contributed by atoms with Crippen LogP contribution in [0.5, 0.6) is 0 Å². The SMILES string of the molecule is CCC(C)CC(NC)C1Cc2ccccc21. The van der Waals surface area contributed by atoms with Crippen LogP contribution < -0.4 is 5.32 Å². The molecule has 1 aromatic carbocycles. The van der Waals surface area contributed by atoms with Gasteiger partial charge in [-0.2, -0.15) is 0 Å². The molecule has 0 heterocycles. The van der Waals surface area contributed by atoms with E-state index in [0.717, 1.165) is 11.8 Å². The molecule has 1 nitrogen and oxygen atoms in total. The van der Waals surface area contributed by atoms with E-state index in [1.54, 1.807) is 11.1 Å². The minimum absolute atomic E-state index is 0.657. The quantitative estimate of drug-likeness (QED) is 0.797. The van der Waals surface area contributed by atoms with E-state index >= 15 is 0 Å². The normalized spacial score (nSPS) is 22.1. The van der Waals surface area contributed by atoms with Crippen molar-refractivity contribution < 1.29 is 0 Å². The molecule has 1 N–H and O–H groups in total. The predicted molar refractivity (Wildman–Crippen MR) is 69.8 cm³/mol. The Labute approximate surface area is 99.3 Å². The lowest BCUT2D eigenvalue weighted by molar-refractivity contribution is 0.344. The first-order valence-electron chi connectivity index (χ1n) is 6.51. The fourth-order valence-electron chi connectivity index (χ4n) is 2.74. The van der Waals surface area contributed by atoms with Gasteiger partial charge in [-0.25, -0.2) is 0 Å². The third kappa shape index (κ3) is 2.15. The molecule has 1 aliphatic carbocycles. The van der Waals surface area contributed by atoms with E-state index in [2.05, 4.69) is 50.5 Å². The maximum absolute atomic E-state index is 3.51. The van der Waals surface area contributed by atoms with Gasteiger partial charge in [-0.1, -0.05) is 44.5 Å². The van der Waals surface area contributed by atoms with Crippen LogP contribution >= 0.6 is 0 Å². The molecule has 0 bridgehead atoms. The number of nitrogens with one attached hydrogen (secondary N) is 1. The van der Waals surface area contributed by atoms with Gasteiger partial charge in [-0.3, -0.25) is 0 Å². The molecule has 0 saturated heterocycles. The lowest BCUT2D eigenvalue weighted by Crippen LogP contribution is -2.39. The van der Waals surface area contributed by atoms with Crippen LogP contribution in [0.1, 0.15) is 43.7 Å². The molecule has 3 unspecified atom stereocenters. The number of fused-ring (bicyclic) bond motifs is 1. The van der Waals surface area contributed by atoms with Crippen molar-refractivity contribution >= 4 is 0 Å².